The van der Waals surface area contributed by atoms with Crippen LogP contribution >= 0.6 is 10.0 Å². The lowest BCUT2D eigenvalue weighted by Gasteiger charge is -2.35. The van der Waals surface area contributed by atoms with Gasteiger partial charge in [-0.2, -0.15) is 18.4 Å². The third-order valence-electron chi connectivity index (χ3n) is 5.54. The molecule has 0 aromatic heterocycles. The summed E-state index contributed by atoms with van der Waals surface area (Å²) in [4.78, 5) is 49.9. The molecule has 1 fully saturated rings. The first-order valence-corrected chi connectivity index (χ1v) is 14.4. The van der Waals surface area contributed by atoms with Gasteiger partial charge in [-0.3, -0.25) is 19.2 Å². The fraction of sp³-hybridized carbons (Fsp3) is 0.783. The first-order chi connectivity index (χ1) is 16.1. The molecule has 13 heteroatoms. The van der Waals surface area contributed by atoms with Crippen molar-refractivity contribution in [2.24, 2.45) is 11.3 Å². The van der Waals surface area contributed by atoms with Crippen LogP contribution in [0.2, 0.25) is 0 Å². The van der Waals surface area contributed by atoms with Gasteiger partial charge in [-0.25, -0.2) is 10.0 Å². The van der Waals surface area contributed by atoms with Gasteiger partial charge in [0.15, 0.2) is 0 Å². The van der Waals surface area contributed by atoms with Crippen LogP contribution in [-0.4, -0.2) is 78.0 Å². The molecule has 4 amide bonds. The average molecular weight is 538 g/mol. The number of nitrogens with one attached hydrogen (secondary N) is 4. The number of carbonyl (C=O) groups is 4. The summed E-state index contributed by atoms with van der Waals surface area (Å²) in [6, 6.07) is -1.78. The first-order valence-electron chi connectivity index (χ1n) is 11.4. The fourth-order valence-electron chi connectivity index (χ4n) is 3.91. The van der Waals surface area contributed by atoms with Crippen LogP contribution in [-0.2, 0) is 19.2 Å². The van der Waals surface area contributed by atoms with Gasteiger partial charge < -0.3 is 21.3 Å². The Kier molecular flexibility index (Phi) is 9.88. The quantitative estimate of drug-likeness (QED) is 0.354. The predicted molar refractivity (Wildman–Crippen MR) is 132 cm³/mol. The molecule has 1 heterocycles. The Morgan fingerprint density at radius 1 is 1.11 bits per heavy atom. The zero-order chi connectivity index (χ0) is 28.3. The molecule has 1 rings (SSSR count). The van der Waals surface area contributed by atoms with E-state index in [1.807, 2.05) is 38.7 Å². The zero-order valence-electron chi connectivity index (χ0n) is 22.1. The molecule has 206 valence electrons. The van der Waals surface area contributed by atoms with Gasteiger partial charge in [-0.1, -0.05) is 20.8 Å². The largest absolute Gasteiger partial charge is 0.471 e. The molecule has 1 aliphatic rings. The maximum absolute atomic E-state index is 13.1. The monoisotopic (exact) mass is 537 g/mol. The number of halogens is 3. The van der Waals surface area contributed by atoms with Gasteiger partial charge in [0.25, 0.3) is 0 Å². The van der Waals surface area contributed by atoms with Crippen molar-refractivity contribution in [3.05, 3.63) is 0 Å². The van der Waals surface area contributed by atoms with E-state index in [9.17, 15) is 37.6 Å². The summed E-state index contributed by atoms with van der Waals surface area (Å²) < 4.78 is 38.5. The first kappa shape index (κ1) is 31.5. The lowest BCUT2D eigenvalue weighted by molar-refractivity contribution is -0.175. The highest BCUT2D eigenvalue weighted by atomic mass is 32.3. The molecule has 4 atom stereocenters. The van der Waals surface area contributed by atoms with E-state index in [0.29, 0.717) is 6.42 Å². The Balaban J connectivity index is 3.07. The minimum absolute atomic E-state index is 0.0762. The van der Waals surface area contributed by atoms with Gasteiger partial charge in [0.2, 0.25) is 17.7 Å². The van der Waals surface area contributed by atoms with Crippen molar-refractivity contribution < 1.29 is 32.3 Å². The molecule has 4 N–H and O–H groups in total. The van der Waals surface area contributed by atoms with Gasteiger partial charge in [0, 0.05) is 17.2 Å². The molecule has 1 saturated heterocycles. The number of amides is 4. The van der Waals surface area contributed by atoms with E-state index in [0.717, 1.165) is 0 Å². The van der Waals surface area contributed by atoms with E-state index in [1.165, 1.54) is 20.8 Å². The lowest BCUT2D eigenvalue weighted by atomic mass is 9.86. The number of nitriles is 1. The van der Waals surface area contributed by atoms with Crippen LogP contribution in [0.1, 0.15) is 47.5 Å². The Bertz CT molecular complexity index is 903. The van der Waals surface area contributed by atoms with E-state index in [-0.39, 0.29) is 18.1 Å². The van der Waals surface area contributed by atoms with Crippen LogP contribution in [0.3, 0.4) is 0 Å². The molecule has 0 saturated carbocycles. The average Bonchev–Trinajstić information content (AvgIpc) is 2.92. The minimum Gasteiger partial charge on any atom is -0.351 e. The van der Waals surface area contributed by atoms with Crippen molar-refractivity contribution in [2.75, 3.05) is 24.5 Å². The van der Waals surface area contributed by atoms with Crippen LogP contribution in [0.4, 0.5) is 13.2 Å². The lowest BCUT2D eigenvalue weighted by Crippen LogP contribution is -2.60. The molecular weight excluding hydrogens is 499 g/mol. The van der Waals surface area contributed by atoms with Crippen molar-refractivity contribution >= 4 is 33.7 Å². The second-order valence-corrected chi connectivity index (χ2v) is 16.3. The van der Waals surface area contributed by atoms with E-state index in [4.69, 9.17) is 0 Å². The smallest absolute Gasteiger partial charge is 0.351 e. The van der Waals surface area contributed by atoms with Crippen LogP contribution in [0.15, 0.2) is 0 Å². The van der Waals surface area contributed by atoms with Gasteiger partial charge in [0.05, 0.1) is 6.07 Å². The predicted octanol–water partition coefficient (Wildman–Crippen LogP) is 1.57. The van der Waals surface area contributed by atoms with Crippen molar-refractivity contribution in [1.82, 2.24) is 21.3 Å². The SMILES string of the molecule is CC1(C)C[C@@H](C[C@@H](C#N)NC(=O)[C@H](CS(C)(C)C)NC(=O)[C@@H](NC(=O)C(F)(F)F)C(C)(C)C)C(=O)N1. The van der Waals surface area contributed by atoms with Gasteiger partial charge in [-0.15, -0.1) is 0 Å². The highest BCUT2D eigenvalue weighted by Crippen LogP contribution is 2.35. The van der Waals surface area contributed by atoms with Crippen molar-refractivity contribution in [3.63, 3.8) is 0 Å². The minimum atomic E-state index is -5.18. The Labute approximate surface area is 212 Å². The summed E-state index contributed by atoms with van der Waals surface area (Å²) in [5.41, 5.74) is -1.53. The third-order valence-corrected chi connectivity index (χ3v) is 6.88. The number of carbonyl (C=O) groups excluding carboxylic acids is 4. The van der Waals surface area contributed by atoms with E-state index >= 15 is 0 Å². The molecule has 0 unspecified atom stereocenters. The highest BCUT2D eigenvalue weighted by molar-refractivity contribution is 8.32. The Hall–Kier alpha value is -2.49. The zero-order valence-corrected chi connectivity index (χ0v) is 22.9. The third kappa shape index (κ3) is 9.87. The molecule has 9 nitrogen and oxygen atoms in total. The molecular formula is C23H38F3N5O4S. The van der Waals surface area contributed by atoms with Crippen molar-refractivity contribution in [2.45, 2.75) is 77.3 Å². The number of hydrogen-bond acceptors (Lipinski definition) is 5. The summed E-state index contributed by atoms with van der Waals surface area (Å²) >= 11 is 0. The molecule has 1 aliphatic heterocycles. The van der Waals surface area contributed by atoms with Gasteiger partial charge in [-0.05, 0) is 50.9 Å². The van der Waals surface area contributed by atoms with E-state index in [1.54, 1.807) is 5.32 Å². The van der Waals surface area contributed by atoms with E-state index in [2.05, 4.69) is 16.0 Å². The topological polar surface area (TPSA) is 140 Å². The molecule has 0 radical (unpaired) electrons. The normalized spacial score (nSPS) is 20.8. The fourth-order valence-corrected chi connectivity index (χ4v) is 5.15. The maximum atomic E-state index is 13.1. The molecule has 0 aliphatic carbocycles. The second-order valence-electron chi connectivity index (χ2n) is 11.8. The molecule has 0 aromatic carbocycles. The highest BCUT2D eigenvalue weighted by Gasteiger charge is 2.44. The number of hydrogen-bond donors (Lipinski definition) is 4. The summed E-state index contributed by atoms with van der Waals surface area (Å²) in [6.45, 7) is 8.16. The number of rotatable bonds is 9. The standard InChI is InChI=1S/C23H38F3N5O4S/c1-21(2,3)16(30-20(35)23(24,25)26)19(34)29-15(12-36(6,7)8)18(33)28-14(11-27)9-13-10-22(4,5)31-17(13)32/h13-16H,9-10,12H2,1-8H3,(H,28,33)(H,29,34)(H,30,35)(H,31,32)/t13-,14+,15+,16-/m1/s1. The maximum Gasteiger partial charge on any atom is 0.471 e. The summed E-state index contributed by atoms with van der Waals surface area (Å²) in [5.74, 6) is -4.41. The van der Waals surface area contributed by atoms with Crippen LogP contribution in [0.5, 0.6) is 0 Å². The summed E-state index contributed by atoms with van der Waals surface area (Å²) in [7, 11) is -1.40. The second kappa shape index (κ2) is 11.3. The van der Waals surface area contributed by atoms with Crippen molar-refractivity contribution in [3.8, 4) is 6.07 Å². The van der Waals surface area contributed by atoms with Gasteiger partial charge >= 0.3 is 12.1 Å². The Morgan fingerprint density at radius 2 is 1.67 bits per heavy atom. The van der Waals surface area contributed by atoms with Crippen LogP contribution in [0, 0.1) is 22.7 Å². The molecule has 36 heavy (non-hydrogen) atoms. The van der Waals surface area contributed by atoms with Crippen LogP contribution in [0.25, 0.3) is 0 Å². The molecule has 0 aromatic rings. The van der Waals surface area contributed by atoms with Gasteiger partial charge in [0.1, 0.15) is 18.1 Å². The van der Waals surface area contributed by atoms with E-state index < -0.39 is 68.9 Å². The van der Waals surface area contributed by atoms with Crippen molar-refractivity contribution in [1.29, 1.82) is 5.26 Å². The summed E-state index contributed by atoms with van der Waals surface area (Å²) in [6.07, 6.45) is 1.04. The Morgan fingerprint density at radius 3 is 2.06 bits per heavy atom. The molecule has 0 bridgehead atoms. The number of alkyl halides is 3. The molecule has 0 spiro atoms. The van der Waals surface area contributed by atoms with Crippen LogP contribution < -0.4 is 21.3 Å². The number of nitrogens with zero attached hydrogens (tertiary/aromatic N) is 1. The summed E-state index contributed by atoms with van der Waals surface area (Å²) in [5, 5.41) is 19.2.